The molecule has 0 unspecified atom stereocenters. The van der Waals surface area contributed by atoms with Gasteiger partial charge in [0.1, 0.15) is 0 Å². The van der Waals surface area contributed by atoms with Gasteiger partial charge in [0.25, 0.3) is 0 Å². The maximum absolute atomic E-state index is 6.55. The van der Waals surface area contributed by atoms with E-state index in [1.54, 1.807) is 0 Å². The van der Waals surface area contributed by atoms with Gasteiger partial charge in [-0.05, 0) is 31.6 Å². The van der Waals surface area contributed by atoms with E-state index in [0.29, 0.717) is 0 Å². The minimum Gasteiger partial charge on any atom is -0.366 e. The van der Waals surface area contributed by atoms with Gasteiger partial charge >= 0.3 is 0 Å². The van der Waals surface area contributed by atoms with E-state index in [4.69, 9.17) is 4.74 Å². The molecule has 2 heteroatoms. The maximum Gasteiger partial charge on any atom is 0.0819 e. The van der Waals surface area contributed by atoms with Crippen molar-refractivity contribution in [2.45, 2.75) is 63.1 Å². The minimum atomic E-state index is 0.219. The molecule has 0 aromatic heterocycles. The highest BCUT2D eigenvalue weighted by Gasteiger charge is 2.51. The lowest BCUT2D eigenvalue weighted by molar-refractivity contribution is -0.233. The van der Waals surface area contributed by atoms with E-state index < -0.39 is 0 Å². The molecule has 2 saturated carbocycles. The largest absolute Gasteiger partial charge is 0.366 e. The lowest BCUT2D eigenvalue weighted by Gasteiger charge is -2.56. The van der Waals surface area contributed by atoms with Crippen molar-refractivity contribution in [1.29, 1.82) is 0 Å². The van der Waals surface area contributed by atoms with E-state index in [9.17, 15) is 0 Å². The van der Waals surface area contributed by atoms with Crippen LogP contribution in [0, 0.1) is 5.92 Å². The average molecular weight is 209 g/mol. The van der Waals surface area contributed by atoms with Crippen molar-refractivity contribution in [3.8, 4) is 0 Å². The standard InChI is InChI=1S/C13H23NO/c1-11-7-13(8-11)10-14-9-12(15-13)5-3-2-4-6-12/h11,14H,2-10H2,1H3. The van der Waals surface area contributed by atoms with Gasteiger partial charge in [0.05, 0.1) is 11.2 Å². The van der Waals surface area contributed by atoms with Crippen molar-refractivity contribution in [3.05, 3.63) is 0 Å². The summed E-state index contributed by atoms with van der Waals surface area (Å²) in [6.45, 7) is 4.54. The summed E-state index contributed by atoms with van der Waals surface area (Å²) in [6, 6.07) is 0. The molecule has 0 atom stereocenters. The summed E-state index contributed by atoms with van der Waals surface area (Å²) in [5.74, 6) is 0.880. The first-order valence-electron chi connectivity index (χ1n) is 6.63. The summed E-state index contributed by atoms with van der Waals surface area (Å²) in [6.07, 6.45) is 9.28. The first kappa shape index (κ1) is 10.1. The van der Waals surface area contributed by atoms with E-state index in [1.165, 1.54) is 44.9 Å². The summed E-state index contributed by atoms with van der Waals surface area (Å²) in [5.41, 5.74) is 0.450. The van der Waals surface area contributed by atoms with Gasteiger partial charge in [0.2, 0.25) is 0 Å². The van der Waals surface area contributed by atoms with Gasteiger partial charge in [0, 0.05) is 13.1 Å². The molecule has 1 heterocycles. The van der Waals surface area contributed by atoms with Crippen LogP contribution in [0.3, 0.4) is 0 Å². The third kappa shape index (κ3) is 1.72. The van der Waals surface area contributed by atoms with Crippen molar-refractivity contribution in [2.75, 3.05) is 13.1 Å². The molecule has 3 fully saturated rings. The van der Waals surface area contributed by atoms with Gasteiger partial charge in [-0.25, -0.2) is 0 Å². The summed E-state index contributed by atoms with van der Waals surface area (Å²) >= 11 is 0. The van der Waals surface area contributed by atoms with Crippen molar-refractivity contribution in [1.82, 2.24) is 5.32 Å². The van der Waals surface area contributed by atoms with Crippen molar-refractivity contribution in [2.24, 2.45) is 5.92 Å². The van der Waals surface area contributed by atoms with Crippen LogP contribution in [0.15, 0.2) is 0 Å². The fraction of sp³-hybridized carbons (Fsp3) is 1.00. The molecular formula is C13H23NO. The Morgan fingerprint density at radius 3 is 2.33 bits per heavy atom. The monoisotopic (exact) mass is 209 g/mol. The molecule has 3 rings (SSSR count). The normalized spacial score (nSPS) is 44.2. The van der Waals surface area contributed by atoms with E-state index >= 15 is 0 Å². The van der Waals surface area contributed by atoms with Crippen LogP contribution in [0.5, 0.6) is 0 Å². The molecule has 86 valence electrons. The summed E-state index contributed by atoms with van der Waals surface area (Å²) in [5, 5.41) is 3.63. The molecule has 15 heavy (non-hydrogen) atoms. The first-order chi connectivity index (χ1) is 7.22. The quantitative estimate of drug-likeness (QED) is 0.662. The fourth-order valence-electron chi connectivity index (χ4n) is 3.96. The van der Waals surface area contributed by atoms with E-state index in [1.807, 2.05) is 0 Å². The molecule has 0 radical (unpaired) electrons. The lowest BCUT2D eigenvalue weighted by atomic mass is 9.69. The van der Waals surface area contributed by atoms with Crippen LogP contribution in [0.4, 0.5) is 0 Å². The lowest BCUT2D eigenvalue weighted by Crippen LogP contribution is -2.65. The van der Waals surface area contributed by atoms with Crippen LogP contribution >= 0.6 is 0 Å². The van der Waals surface area contributed by atoms with Crippen LogP contribution in [0.25, 0.3) is 0 Å². The Morgan fingerprint density at radius 1 is 1.00 bits per heavy atom. The Bertz CT molecular complexity index is 228. The van der Waals surface area contributed by atoms with Gasteiger partial charge in [-0.1, -0.05) is 26.2 Å². The Kier molecular flexibility index (Phi) is 2.33. The second-order valence-electron chi connectivity index (χ2n) is 6.15. The Labute approximate surface area is 92.8 Å². The fourth-order valence-corrected chi connectivity index (χ4v) is 3.96. The number of ether oxygens (including phenoxy) is 1. The first-order valence-corrected chi connectivity index (χ1v) is 6.63. The average Bonchev–Trinajstić information content (AvgIpc) is 2.17. The summed E-state index contributed by atoms with van der Waals surface area (Å²) in [7, 11) is 0. The molecule has 1 N–H and O–H groups in total. The highest BCUT2D eigenvalue weighted by Crippen LogP contribution is 2.47. The highest BCUT2D eigenvalue weighted by molar-refractivity contribution is 5.03. The van der Waals surface area contributed by atoms with Crippen molar-refractivity contribution >= 4 is 0 Å². The van der Waals surface area contributed by atoms with Crippen LogP contribution in [-0.2, 0) is 4.74 Å². The SMILES string of the molecule is CC1CC2(CNCC3(CCCCC3)O2)C1. The predicted octanol–water partition coefficient (Wildman–Crippen LogP) is 2.48. The second kappa shape index (κ2) is 3.46. The number of rotatable bonds is 0. The van der Waals surface area contributed by atoms with Crippen molar-refractivity contribution < 1.29 is 4.74 Å². The molecule has 0 bridgehead atoms. The van der Waals surface area contributed by atoms with E-state index in [0.717, 1.165) is 19.0 Å². The van der Waals surface area contributed by atoms with Gasteiger partial charge in [0.15, 0.2) is 0 Å². The number of hydrogen-bond acceptors (Lipinski definition) is 2. The second-order valence-corrected chi connectivity index (χ2v) is 6.15. The van der Waals surface area contributed by atoms with Gasteiger partial charge in [-0.3, -0.25) is 0 Å². The number of morpholine rings is 1. The topological polar surface area (TPSA) is 21.3 Å². The molecule has 0 amide bonds. The molecule has 1 aliphatic heterocycles. The van der Waals surface area contributed by atoms with Crippen LogP contribution in [0.2, 0.25) is 0 Å². The molecule has 2 spiro atoms. The Balaban J connectivity index is 1.70. The maximum atomic E-state index is 6.55. The Hall–Kier alpha value is -0.0800. The third-order valence-electron chi connectivity index (χ3n) is 4.53. The number of nitrogens with one attached hydrogen (secondary N) is 1. The highest BCUT2D eigenvalue weighted by atomic mass is 16.5. The van der Waals surface area contributed by atoms with E-state index in [2.05, 4.69) is 12.2 Å². The third-order valence-corrected chi connectivity index (χ3v) is 4.53. The molecule has 2 aliphatic carbocycles. The predicted molar refractivity (Wildman–Crippen MR) is 60.9 cm³/mol. The molecule has 3 aliphatic rings. The van der Waals surface area contributed by atoms with Gasteiger partial charge in [-0.15, -0.1) is 0 Å². The van der Waals surface area contributed by atoms with E-state index in [-0.39, 0.29) is 11.2 Å². The van der Waals surface area contributed by atoms with Gasteiger partial charge in [-0.2, -0.15) is 0 Å². The minimum absolute atomic E-state index is 0.219. The number of hydrogen-bond donors (Lipinski definition) is 1. The molecule has 0 aromatic rings. The summed E-state index contributed by atoms with van der Waals surface area (Å²) < 4.78 is 6.55. The zero-order valence-electron chi connectivity index (χ0n) is 9.85. The van der Waals surface area contributed by atoms with Crippen LogP contribution < -0.4 is 5.32 Å². The summed E-state index contributed by atoms with van der Waals surface area (Å²) in [4.78, 5) is 0. The van der Waals surface area contributed by atoms with Crippen LogP contribution in [-0.4, -0.2) is 24.3 Å². The zero-order valence-corrected chi connectivity index (χ0v) is 9.85. The van der Waals surface area contributed by atoms with Crippen molar-refractivity contribution in [3.63, 3.8) is 0 Å². The molecule has 0 aromatic carbocycles. The van der Waals surface area contributed by atoms with Crippen LogP contribution in [0.1, 0.15) is 51.9 Å². The zero-order chi connectivity index (χ0) is 10.4. The smallest absolute Gasteiger partial charge is 0.0819 e. The van der Waals surface area contributed by atoms with Gasteiger partial charge < -0.3 is 10.1 Å². The Morgan fingerprint density at radius 2 is 1.67 bits per heavy atom. The molecular weight excluding hydrogens is 186 g/mol. The molecule has 2 nitrogen and oxygen atoms in total. The molecule has 1 saturated heterocycles.